The van der Waals surface area contributed by atoms with Crippen LogP contribution in [0.2, 0.25) is 0 Å². The first kappa shape index (κ1) is 13.7. The monoisotopic (exact) mass is 261 g/mol. The van der Waals surface area contributed by atoms with Crippen molar-refractivity contribution in [2.75, 3.05) is 6.54 Å². The van der Waals surface area contributed by atoms with E-state index >= 15 is 0 Å². The first-order valence-corrected chi connectivity index (χ1v) is 6.65. The number of imidazole rings is 1. The third-order valence-electron chi connectivity index (χ3n) is 3.28. The Morgan fingerprint density at radius 2 is 2.21 bits per heavy atom. The summed E-state index contributed by atoms with van der Waals surface area (Å²) in [6, 6.07) is 4.98. The van der Waals surface area contributed by atoms with E-state index in [0.29, 0.717) is 0 Å². The van der Waals surface area contributed by atoms with Crippen LogP contribution in [0, 0.1) is 12.7 Å². The summed E-state index contributed by atoms with van der Waals surface area (Å²) in [6.07, 6.45) is 4.63. The molecule has 1 aromatic heterocycles. The van der Waals surface area contributed by atoms with Crippen molar-refractivity contribution in [3.8, 4) is 0 Å². The van der Waals surface area contributed by atoms with Crippen LogP contribution in [0.1, 0.15) is 23.7 Å². The lowest BCUT2D eigenvalue weighted by molar-refractivity contribution is 0.612. The predicted molar refractivity (Wildman–Crippen MR) is 74.4 cm³/mol. The zero-order valence-corrected chi connectivity index (χ0v) is 11.5. The highest BCUT2D eigenvalue weighted by Crippen LogP contribution is 2.12. The number of hydrogen-bond acceptors (Lipinski definition) is 2. The number of aryl methyl sites for hydroxylation is 3. The van der Waals surface area contributed by atoms with Gasteiger partial charge in [0.05, 0.1) is 12.0 Å². The SMILES string of the molecule is CCNCc1cncn1CCc1ccc(F)cc1C. The molecule has 0 atom stereocenters. The molecule has 3 nitrogen and oxygen atoms in total. The molecule has 0 aliphatic heterocycles. The summed E-state index contributed by atoms with van der Waals surface area (Å²) in [5.41, 5.74) is 3.37. The molecule has 19 heavy (non-hydrogen) atoms. The number of hydrogen-bond donors (Lipinski definition) is 1. The molecule has 0 bridgehead atoms. The Balaban J connectivity index is 2.00. The van der Waals surface area contributed by atoms with Crippen molar-refractivity contribution in [1.29, 1.82) is 0 Å². The van der Waals surface area contributed by atoms with Gasteiger partial charge in [-0.3, -0.25) is 0 Å². The van der Waals surface area contributed by atoms with Gasteiger partial charge < -0.3 is 9.88 Å². The molecule has 4 heteroatoms. The second-order valence-corrected chi connectivity index (χ2v) is 4.68. The minimum atomic E-state index is -0.170. The van der Waals surface area contributed by atoms with E-state index in [1.165, 1.54) is 17.3 Å². The molecule has 0 saturated carbocycles. The molecule has 2 aromatic rings. The van der Waals surface area contributed by atoms with Gasteiger partial charge in [-0.15, -0.1) is 0 Å². The van der Waals surface area contributed by atoms with Gasteiger partial charge in [-0.2, -0.15) is 0 Å². The third kappa shape index (κ3) is 3.64. The Morgan fingerprint density at radius 3 is 2.95 bits per heavy atom. The minimum Gasteiger partial charge on any atom is -0.333 e. The summed E-state index contributed by atoms with van der Waals surface area (Å²) in [7, 11) is 0. The second kappa shape index (κ2) is 6.48. The number of nitrogens with zero attached hydrogens (tertiary/aromatic N) is 2. The smallest absolute Gasteiger partial charge is 0.123 e. The molecule has 0 spiro atoms. The van der Waals surface area contributed by atoms with E-state index in [2.05, 4.69) is 21.8 Å². The normalized spacial score (nSPS) is 10.9. The van der Waals surface area contributed by atoms with E-state index in [4.69, 9.17) is 0 Å². The van der Waals surface area contributed by atoms with Crippen LogP contribution in [0.3, 0.4) is 0 Å². The molecule has 1 N–H and O–H groups in total. The Labute approximate surface area is 113 Å². The van der Waals surface area contributed by atoms with Crippen molar-refractivity contribution < 1.29 is 4.39 Å². The van der Waals surface area contributed by atoms with Crippen LogP contribution < -0.4 is 5.32 Å². The first-order chi connectivity index (χ1) is 9.20. The quantitative estimate of drug-likeness (QED) is 0.866. The van der Waals surface area contributed by atoms with E-state index in [1.54, 1.807) is 6.07 Å². The van der Waals surface area contributed by atoms with Gasteiger partial charge in [0.2, 0.25) is 0 Å². The van der Waals surface area contributed by atoms with Crippen molar-refractivity contribution in [3.63, 3.8) is 0 Å². The van der Waals surface area contributed by atoms with Crippen molar-refractivity contribution in [2.45, 2.75) is 33.4 Å². The summed E-state index contributed by atoms with van der Waals surface area (Å²) < 4.78 is 15.2. The topological polar surface area (TPSA) is 29.9 Å². The largest absolute Gasteiger partial charge is 0.333 e. The van der Waals surface area contributed by atoms with Crippen LogP contribution in [0.4, 0.5) is 4.39 Å². The number of nitrogens with one attached hydrogen (secondary N) is 1. The van der Waals surface area contributed by atoms with E-state index in [1.807, 2.05) is 25.5 Å². The molecule has 1 aromatic carbocycles. The maximum Gasteiger partial charge on any atom is 0.123 e. The van der Waals surface area contributed by atoms with Gasteiger partial charge in [0.25, 0.3) is 0 Å². The van der Waals surface area contributed by atoms with Gasteiger partial charge in [-0.1, -0.05) is 13.0 Å². The van der Waals surface area contributed by atoms with Gasteiger partial charge >= 0.3 is 0 Å². The highest BCUT2D eigenvalue weighted by molar-refractivity contribution is 5.26. The molecule has 102 valence electrons. The lowest BCUT2D eigenvalue weighted by Crippen LogP contribution is -2.15. The van der Waals surface area contributed by atoms with Crippen molar-refractivity contribution >= 4 is 0 Å². The van der Waals surface area contributed by atoms with Crippen LogP contribution in [0.15, 0.2) is 30.7 Å². The summed E-state index contributed by atoms with van der Waals surface area (Å²) in [6.45, 7) is 6.68. The van der Waals surface area contributed by atoms with Gasteiger partial charge in [0.15, 0.2) is 0 Å². The Hall–Kier alpha value is -1.68. The van der Waals surface area contributed by atoms with Gasteiger partial charge in [0, 0.05) is 19.3 Å². The van der Waals surface area contributed by atoms with E-state index in [0.717, 1.165) is 31.6 Å². The first-order valence-electron chi connectivity index (χ1n) is 6.65. The lowest BCUT2D eigenvalue weighted by Gasteiger charge is -2.10. The molecule has 2 rings (SSSR count). The fourth-order valence-electron chi connectivity index (χ4n) is 2.13. The van der Waals surface area contributed by atoms with Gasteiger partial charge in [0.1, 0.15) is 5.82 Å². The van der Waals surface area contributed by atoms with E-state index in [9.17, 15) is 4.39 Å². The van der Waals surface area contributed by atoms with Crippen LogP contribution in [0.5, 0.6) is 0 Å². The Kier molecular flexibility index (Phi) is 4.68. The molecule has 0 saturated heterocycles. The van der Waals surface area contributed by atoms with Crippen molar-refractivity contribution in [1.82, 2.24) is 14.9 Å². The van der Waals surface area contributed by atoms with E-state index in [-0.39, 0.29) is 5.82 Å². The summed E-state index contributed by atoms with van der Waals surface area (Å²) in [4.78, 5) is 4.19. The molecular weight excluding hydrogens is 241 g/mol. The van der Waals surface area contributed by atoms with Crippen LogP contribution >= 0.6 is 0 Å². The molecule has 0 unspecified atom stereocenters. The molecule has 0 radical (unpaired) electrons. The fraction of sp³-hybridized carbons (Fsp3) is 0.400. The van der Waals surface area contributed by atoms with Crippen molar-refractivity contribution in [2.24, 2.45) is 0 Å². The molecule has 0 fully saturated rings. The van der Waals surface area contributed by atoms with Crippen molar-refractivity contribution in [3.05, 3.63) is 53.4 Å². The van der Waals surface area contributed by atoms with Crippen LogP contribution in [-0.2, 0) is 19.5 Å². The van der Waals surface area contributed by atoms with Gasteiger partial charge in [-0.25, -0.2) is 9.37 Å². The summed E-state index contributed by atoms with van der Waals surface area (Å²) in [5.74, 6) is -0.170. The highest BCUT2D eigenvalue weighted by Gasteiger charge is 2.04. The summed E-state index contributed by atoms with van der Waals surface area (Å²) >= 11 is 0. The maximum atomic E-state index is 13.0. The average molecular weight is 261 g/mol. The number of benzene rings is 1. The minimum absolute atomic E-state index is 0.170. The Bertz CT molecular complexity index is 534. The number of rotatable bonds is 6. The van der Waals surface area contributed by atoms with E-state index < -0.39 is 0 Å². The molecule has 0 aliphatic rings. The molecule has 0 aliphatic carbocycles. The highest BCUT2D eigenvalue weighted by atomic mass is 19.1. The van der Waals surface area contributed by atoms with Crippen LogP contribution in [-0.4, -0.2) is 16.1 Å². The second-order valence-electron chi connectivity index (χ2n) is 4.68. The standard InChI is InChI=1S/C15H20FN3/c1-3-17-9-15-10-18-11-19(15)7-6-13-4-5-14(16)8-12(13)2/h4-5,8,10-11,17H,3,6-7,9H2,1-2H3. The third-order valence-corrected chi connectivity index (χ3v) is 3.28. The zero-order chi connectivity index (χ0) is 13.7. The van der Waals surface area contributed by atoms with Gasteiger partial charge in [-0.05, 0) is 43.1 Å². The average Bonchev–Trinajstić information content (AvgIpc) is 2.83. The Morgan fingerprint density at radius 1 is 1.37 bits per heavy atom. The fourth-order valence-corrected chi connectivity index (χ4v) is 2.13. The number of halogens is 1. The predicted octanol–water partition coefficient (Wildman–Crippen LogP) is 2.68. The molecule has 0 amide bonds. The molecule has 1 heterocycles. The molecular formula is C15H20FN3. The summed E-state index contributed by atoms with van der Waals surface area (Å²) in [5, 5.41) is 3.30. The number of aromatic nitrogens is 2. The maximum absolute atomic E-state index is 13.0. The van der Waals surface area contributed by atoms with Crippen LogP contribution in [0.25, 0.3) is 0 Å². The zero-order valence-electron chi connectivity index (χ0n) is 11.5. The lowest BCUT2D eigenvalue weighted by atomic mass is 10.1.